The summed E-state index contributed by atoms with van der Waals surface area (Å²) < 4.78 is 0.815. The molecule has 0 aromatic carbocycles. The number of halogens is 1. The van der Waals surface area contributed by atoms with Gasteiger partial charge < -0.3 is 5.32 Å². The molecule has 86 valence electrons. The Balaban J connectivity index is 2.17. The SMILES string of the molecule is Cc1cccc(NC(=O)c2cc(Br)ccn2)n1. The zero-order chi connectivity index (χ0) is 12.3. The maximum Gasteiger partial charge on any atom is 0.275 e. The van der Waals surface area contributed by atoms with E-state index in [1.54, 1.807) is 24.4 Å². The fourth-order valence-electron chi connectivity index (χ4n) is 1.32. The summed E-state index contributed by atoms with van der Waals surface area (Å²) in [7, 11) is 0. The van der Waals surface area contributed by atoms with Crippen molar-refractivity contribution in [3.63, 3.8) is 0 Å². The molecule has 0 saturated carbocycles. The van der Waals surface area contributed by atoms with Crippen molar-refractivity contribution in [2.24, 2.45) is 0 Å². The van der Waals surface area contributed by atoms with E-state index < -0.39 is 0 Å². The Morgan fingerprint density at radius 1 is 1.35 bits per heavy atom. The third-order valence-corrected chi connectivity index (χ3v) is 2.58. The van der Waals surface area contributed by atoms with Crippen LogP contribution in [-0.4, -0.2) is 15.9 Å². The topological polar surface area (TPSA) is 54.9 Å². The summed E-state index contributed by atoms with van der Waals surface area (Å²) in [6.07, 6.45) is 1.57. The number of hydrogen-bond acceptors (Lipinski definition) is 3. The fraction of sp³-hybridized carbons (Fsp3) is 0.0833. The number of rotatable bonds is 2. The van der Waals surface area contributed by atoms with Gasteiger partial charge in [-0.25, -0.2) is 4.98 Å². The van der Waals surface area contributed by atoms with Gasteiger partial charge in [0.1, 0.15) is 11.5 Å². The van der Waals surface area contributed by atoms with Gasteiger partial charge in [-0.05, 0) is 31.2 Å². The van der Waals surface area contributed by atoms with E-state index >= 15 is 0 Å². The van der Waals surface area contributed by atoms with Crippen LogP contribution in [0.1, 0.15) is 16.2 Å². The largest absolute Gasteiger partial charge is 0.305 e. The van der Waals surface area contributed by atoms with Crippen molar-refractivity contribution in [2.75, 3.05) is 5.32 Å². The van der Waals surface area contributed by atoms with Crippen molar-refractivity contribution >= 4 is 27.7 Å². The molecule has 0 bridgehead atoms. The first-order valence-electron chi connectivity index (χ1n) is 5.02. The number of nitrogens with one attached hydrogen (secondary N) is 1. The van der Waals surface area contributed by atoms with Crippen LogP contribution in [0.5, 0.6) is 0 Å². The number of aryl methyl sites for hydroxylation is 1. The number of amides is 1. The summed E-state index contributed by atoms with van der Waals surface area (Å²) in [5.74, 6) is 0.251. The van der Waals surface area contributed by atoms with Crippen LogP contribution in [0.2, 0.25) is 0 Å². The molecule has 0 atom stereocenters. The highest BCUT2D eigenvalue weighted by Gasteiger charge is 2.08. The van der Waals surface area contributed by atoms with Gasteiger partial charge in [-0.2, -0.15) is 0 Å². The lowest BCUT2D eigenvalue weighted by Crippen LogP contribution is -2.14. The van der Waals surface area contributed by atoms with Crippen LogP contribution < -0.4 is 5.32 Å². The maximum absolute atomic E-state index is 11.8. The molecule has 4 nitrogen and oxygen atoms in total. The molecule has 0 spiro atoms. The van der Waals surface area contributed by atoms with Crippen molar-refractivity contribution in [2.45, 2.75) is 6.92 Å². The molecule has 0 aliphatic carbocycles. The quantitative estimate of drug-likeness (QED) is 0.926. The molecule has 0 aliphatic rings. The lowest BCUT2D eigenvalue weighted by molar-refractivity contribution is 0.102. The molecule has 2 aromatic rings. The summed E-state index contributed by atoms with van der Waals surface area (Å²) in [6.45, 7) is 1.87. The molecule has 0 radical (unpaired) electrons. The molecule has 2 aromatic heterocycles. The predicted molar refractivity (Wildman–Crippen MR) is 68.9 cm³/mol. The van der Waals surface area contributed by atoms with E-state index in [1.165, 1.54) is 0 Å². The van der Waals surface area contributed by atoms with Gasteiger partial charge in [0.25, 0.3) is 5.91 Å². The van der Waals surface area contributed by atoms with E-state index in [4.69, 9.17) is 0 Å². The minimum absolute atomic E-state index is 0.274. The predicted octanol–water partition coefficient (Wildman–Crippen LogP) is 2.80. The Morgan fingerprint density at radius 2 is 2.18 bits per heavy atom. The average Bonchev–Trinajstić information content (AvgIpc) is 2.29. The molecule has 17 heavy (non-hydrogen) atoms. The molecular formula is C12H10BrN3O. The maximum atomic E-state index is 11.8. The van der Waals surface area contributed by atoms with Gasteiger partial charge in [0.2, 0.25) is 0 Å². The van der Waals surface area contributed by atoms with E-state index in [0.29, 0.717) is 11.5 Å². The van der Waals surface area contributed by atoms with E-state index in [-0.39, 0.29) is 5.91 Å². The lowest BCUT2D eigenvalue weighted by atomic mass is 10.3. The minimum Gasteiger partial charge on any atom is -0.305 e. The van der Waals surface area contributed by atoms with Gasteiger partial charge in [-0.15, -0.1) is 0 Å². The fourth-order valence-corrected chi connectivity index (χ4v) is 1.66. The van der Waals surface area contributed by atoms with Crippen LogP contribution in [-0.2, 0) is 0 Å². The monoisotopic (exact) mass is 291 g/mol. The Bertz CT molecular complexity index is 557. The first-order chi connectivity index (χ1) is 8.15. The number of carbonyl (C=O) groups is 1. The van der Waals surface area contributed by atoms with Gasteiger partial charge in [0, 0.05) is 16.4 Å². The third kappa shape index (κ3) is 3.10. The second-order valence-electron chi connectivity index (χ2n) is 3.48. The molecule has 2 heterocycles. The van der Waals surface area contributed by atoms with Crippen molar-refractivity contribution in [3.05, 3.63) is 52.4 Å². The minimum atomic E-state index is -0.274. The van der Waals surface area contributed by atoms with Crippen LogP contribution in [0.25, 0.3) is 0 Å². The number of aromatic nitrogens is 2. The van der Waals surface area contributed by atoms with Crippen LogP contribution in [0.4, 0.5) is 5.82 Å². The highest BCUT2D eigenvalue weighted by molar-refractivity contribution is 9.10. The number of nitrogens with zero attached hydrogens (tertiary/aromatic N) is 2. The Labute approximate surface area is 107 Å². The van der Waals surface area contributed by atoms with Gasteiger partial charge in [0.05, 0.1) is 0 Å². The van der Waals surface area contributed by atoms with Crippen molar-refractivity contribution < 1.29 is 4.79 Å². The first-order valence-corrected chi connectivity index (χ1v) is 5.81. The second-order valence-corrected chi connectivity index (χ2v) is 4.39. The molecular weight excluding hydrogens is 282 g/mol. The molecule has 1 N–H and O–H groups in total. The standard InChI is InChI=1S/C12H10BrN3O/c1-8-3-2-4-11(15-8)16-12(17)10-7-9(13)5-6-14-10/h2-7H,1H3,(H,15,16,17). The molecule has 0 unspecified atom stereocenters. The summed E-state index contributed by atoms with van der Waals surface area (Å²) in [4.78, 5) is 20.0. The van der Waals surface area contributed by atoms with Gasteiger partial charge in [-0.1, -0.05) is 22.0 Å². The lowest BCUT2D eigenvalue weighted by Gasteiger charge is -2.04. The van der Waals surface area contributed by atoms with Crippen molar-refractivity contribution in [1.29, 1.82) is 0 Å². The highest BCUT2D eigenvalue weighted by Crippen LogP contribution is 2.11. The molecule has 5 heteroatoms. The van der Waals surface area contributed by atoms with Gasteiger partial charge in [0.15, 0.2) is 0 Å². The first kappa shape index (κ1) is 11.7. The van der Waals surface area contributed by atoms with Crippen molar-refractivity contribution in [1.82, 2.24) is 9.97 Å². The Kier molecular flexibility index (Phi) is 3.49. The van der Waals surface area contributed by atoms with E-state index in [9.17, 15) is 4.79 Å². The Morgan fingerprint density at radius 3 is 2.88 bits per heavy atom. The van der Waals surface area contributed by atoms with Crippen LogP contribution in [0.15, 0.2) is 41.0 Å². The van der Waals surface area contributed by atoms with Gasteiger partial charge >= 0.3 is 0 Å². The molecule has 2 rings (SSSR count). The average molecular weight is 292 g/mol. The molecule has 0 saturated heterocycles. The van der Waals surface area contributed by atoms with Crippen LogP contribution >= 0.6 is 15.9 Å². The normalized spacial score (nSPS) is 10.0. The Hall–Kier alpha value is -1.75. The summed E-state index contributed by atoms with van der Waals surface area (Å²) in [5.41, 5.74) is 1.20. The number of hydrogen-bond donors (Lipinski definition) is 1. The molecule has 0 fully saturated rings. The highest BCUT2D eigenvalue weighted by atomic mass is 79.9. The number of pyridine rings is 2. The summed E-state index contributed by atoms with van der Waals surface area (Å²) in [6, 6.07) is 8.87. The van der Waals surface area contributed by atoms with E-state index in [2.05, 4.69) is 31.2 Å². The summed E-state index contributed by atoms with van der Waals surface area (Å²) >= 11 is 3.29. The third-order valence-electron chi connectivity index (χ3n) is 2.08. The molecule has 0 aliphatic heterocycles. The number of carbonyl (C=O) groups excluding carboxylic acids is 1. The van der Waals surface area contributed by atoms with E-state index in [0.717, 1.165) is 10.2 Å². The summed E-state index contributed by atoms with van der Waals surface area (Å²) in [5, 5.41) is 2.69. The van der Waals surface area contributed by atoms with E-state index in [1.807, 2.05) is 19.1 Å². The zero-order valence-electron chi connectivity index (χ0n) is 9.14. The zero-order valence-corrected chi connectivity index (χ0v) is 10.7. The molecule has 1 amide bonds. The van der Waals surface area contributed by atoms with Crippen molar-refractivity contribution in [3.8, 4) is 0 Å². The van der Waals surface area contributed by atoms with Gasteiger partial charge in [-0.3, -0.25) is 9.78 Å². The second kappa shape index (κ2) is 5.05. The number of anilines is 1. The van der Waals surface area contributed by atoms with Crippen LogP contribution in [0, 0.1) is 6.92 Å². The smallest absolute Gasteiger partial charge is 0.275 e. The van der Waals surface area contributed by atoms with Crippen LogP contribution in [0.3, 0.4) is 0 Å².